The van der Waals surface area contributed by atoms with E-state index in [0.717, 1.165) is 47.6 Å². The van der Waals surface area contributed by atoms with E-state index in [-0.39, 0.29) is 18.1 Å². The first-order valence-corrected chi connectivity index (χ1v) is 8.10. The van der Waals surface area contributed by atoms with Crippen LogP contribution in [0.25, 0.3) is 0 Å². The number of aryl methyl sites for hydroxylation is 2. The van der Waals surface area contributed by atoms with Gasteiger partial charge in [0, 0.05) is 29.9 Å². The maximum Gasteiger partial charge on any atom is 0.322 e. The molecule has 23 heavy (non-hydrogen) atoms. The number of aromatic nitrogens is 2. The van der Waals surface area contributed by atoms with Crippen LogP contribution in [0.4, 0.5) is 10.5 Å². The Morgan fingerprint density at radius 2 is 2.17 bits per heavy atom. The molecule has 1 saturated heterocycles. The Kier molecular flexibility index (Phi) is 3.29. The van der Waals surface area contributed by atoms with Crippen LogP contribution in [0.5, 0.6) is 0 Å². The lowest BCUT2D eigenvalue weighted by molar-refractivity contribution is 0.178. The largest absolute Gasteiger partial charge is 0.322 e. The van der Waals surface area contributed by atoms with Crippen LogP contribution in [0.2, 0.25) is 0 Å². The summed E-state index contributed by atoms with van der Waals surface area (Å²) in [5, 5.41) is 3.04. The number of fused-ring (bicyclic) bond motifs is 4. The zero-order valence-electron chi connectivity index (χ0n) is 13.4. The number of hydrogen-bond acceptors (Lipinski definition) is 3. The number of nitrogens with one attached hydrogen (secondary N) is 1. The van der Waals surface area contributed by atoms with Crippen molar-refractivity contribution in [1.29, 1.82) is 0 Å². The van der Waals surface area contributed by atoms with Crippen LogP contribution < -0.4 is 5.32 Å². The highest BCUT2D eigenvalue weighted by atomic mass is 16.2. The van der Waals surface area contributed by atoms with Crippen molar-refractivity contribution in [2.24, 2.45) is 0 Å². The quantitative estimate of drug-likeness (QED) is 0.878. The van der Waals surface area contributed by atoms with E-state index in [1.807, 2.05) is 49.2 Å². The standard InChI is InChI=1S/C18H20N4O/c1-11-4-3-5-13(8-11)21-18(23)22-14-6-7-17(22)15-10-19-12(2)20-16(15)9-14/h3-5,8,10,14,17H,6-7,9H2,1-2H3,(H,21,23)/t14-,17+/m0/s1. The van der Waals surface area contributed by atoms with E-state index in [1.165, 1.54) is 0 Å². The molecule has 0 spiro atoms. The van der Waals surface area contributed by atoms with Crippen LogP contribution in [-0.4, -0.2) is 26.9 Å². The zero-order chi connectivity index (χ0) is 16.0. The molecule has 1 aromatic heterocycles. The number of rotatable bonds is 1. The molecule has 118 valence electrons. The fourth-order valence-corrected chi connectivity index (χ4v) is 3.80. The molecule has 0 radical (unpaired) electrons. The minimum Gasteiger partial charge on any atom is -0.314 e. The molecule has 2 amide bonds. The highest BCUT2D eigenvalue weighted by Crippen LogP contribution is 2.43. The Labute approximate surface area is 135 Å². The predicted molar refractivity (Wildman–Crippen MR) is 88.3 cm³/mol. The average Bonchev–Trinajstić information content (AvgIpc) is 2.83. The number of hydrogen-bond donors (Lipinski definition) is 1. The molecule has 5 nitrogen and oxygen atoms in total. The molecule has 0 unspecified atom stereocenters. The predicted octanol–water partition coefficient (Wildman–Crippen LogP) is 3.39. The number of nitrogens with zero attached hydrogens (tertiary/aromatic N) is 3. The summed E-state index contributed by atoms with van der Waals surface area (Å²) in [6.45, 7) is 3.94. The molecule has 0 saturated carbocycles. The Balaban J connectivity index is 1.60. The summed E-state index contributed by atoms with van der Waals surface area (Å²) in [6, 6.07) is 8.23. The molecule has 2 aromatic rings. The second-order valence-electron chi connectivity index (χ2n) is 6.48. The Hall–Kier alpha value is -2.43. The fourth-order valence-electron chi connectivity index (χ4n) is 3.80. The van der Waals surface area contributed by atoms with E-state index in [9.17, 15) is 4.79 Å². The van der Waals surface area contributed by atoms with Gasteiger partial charge in [-0.15, -0.1) is 0 Å². The van der Waals surface area contributed by atoms with Gasteiger partial charge in [-0.05, 0) is 44.4 Å². The summed E-state index contributed by atoms with van der Waals surface area (Å²) in [5.41, 5.74) is 4.22. The maximum absolute atomic E-state index is 12.8. The van der Waals surface area contributed by atoms with Crippen molar-refractivity contribution >= 4 is 11.7 Å². The molecule has 1 N–H and O–H groups in total. The Bertz CT molecular complexity index is 773. The molecule has 2 aliphatic rings. The first kappa shape index (κ1) is 14.2. The van der Waals surface area contributed by atoms with Gasteiger partial charge in [-0.1, -0.05) is 12.1 Å². The Morgan fingerprint density at radius 3 is 3.00 bits per heavy atom. The normalized spacial score (nSPS) is 21.9. The van der Waals surface area contributed by atoms with Crippen molar-refractivity contribution < 1.29 is 4.79 Å². The van der Waals surface area contributed by atoms with E-state index < -0.39 is 0 Å². The molecule has 1 aromatic carbocycles. The topological polar surface area (TPSA) is 58.1 Å². The summed E-state index contributed by atoms with van der Waals surface area (Å²) in [6.07, 6.45) is 4.75. The first-order chi connectivity index (χ1) is 11.1. The molecule has 2 aliphatic heterocycles. The van der Waals surface area contributed by atoms with Gasteiger partial charge >= 0.3 is 6.03 Å². The van der Waals surface area contributed by atoms with Crippen LogP contribution in [-0.2, 0) is 6.42 Å². The van der Waals surface area contributed by atoms with Gasteiger partial charge in [0.2, 0.25) is 0 Å². The maximum atomic E-state index is 12.8. The van der Waals surface area contributed by atoms with Crippen LogP contribution >= 0.6 is 0 Å². The SMILES string of the molecule is Cc1cccc(NC(=O)N2[C@H]3CC[C@@H]2c2cnc(C)nc2C3)c1. The molecule has 5 heteroatoms. The van der Waals surface area contributed by atoms with Gasteiger partial charge in [0.25, 0.3) is 0 Å². The van der Waals surface area contributed by atoms with Crippen molar-refractivity contribution in [2.75, 3.05) is 5.32 Å². The second-order valence-corrected chi connectivity index (χ2v) is 6.48. The van der Waals surface area contributed by atoms with Crippen molar-refractivity contribution in [3.05, 3.63) is 53.1 Å². The minimum atomic E-state index is -0.0191. The third kappa shape index (κ3) is 2.46. The van der Waals surface area contributed by atoms with E-state index in [1.54, 1.807) is 0 Å². The summed E-state index contributed by atoms with van der Waals surface area (Å²) >= 11 is 0. The highest BCUT2D eigenvalue weighted by molar-refractivity contribution is 5.90. The fraction of sp³-hybridized carbons (Fsp3) is 0.389. The third-order valence-electron chi connectivity index (χ3n) is 4.81. The monoisotopic (exact) mass is 308 g/mol. The van der Waals surface area contributed by atoms with Gasteiger partial charge in [0.05, 0.1) is 11.7 Å². The summed E-state index contributed by atoms with van der Waals surface area (Å²) in [7, 11) is 0. The van der Waals surface area contributed by atoms with Gasteiger partial charge in [-0.2, -0.15) is 0 Å². The van der Waals surface area contributed by atoms with Crippen LogP contribution in [0, 0.1) is 13.8 Å². The Morgan fingerprint density at radius 1 is 1.30 bits per heavy atom. The van der Waals surface area contributed by atoms with E-state index in [4.69, 9.17) is 0 Å². The molecule has 2 bridgehead atoms. The lowest BCUT2D eigenvalue weighted by Gasteiger charge is -2.35. The molecule has 0 aliphatic carbocycles. The third-order valence-corrected chi connectivity index (χ3v) is 4.81. The van der Waals surface area contributed by atoms with Crippen molar-refractivity contribution in [2.45, 2.75) is 45.2 Å². The summed E-state index contributed by atoms with van der Waals surface area (Å²) < 4.78 is 0. The smallest absolute Gasteiger partial charge is 0.314 e. The number of anilines is 1. The van der Waals surface area contributed by atoms with Gasteiger partial charge in [-0.25, -0.2) is 14.8 Å². The summed E-state index contributed by atoms with van der Waals surface area (Å²) in [4.78, 5) is 23.7. The number of urea groups is 1. The molecule has 3 heterocycles. The van der Waals surface area contributed by atoms with Gasteiger partial charge in [0.1, 0.15) is 5.82 Å². The number of benzene rings is 1. The van der Waals surface area contributed by atoms with E-state index in [0.29, 0.717) is 0 Å². The van der Waals surface area contributed by atoms with Gasteiger partial charge in [-0.3, -0.25) is 0 Å². The van der Waals surface area contributed by atoms with Gasteiger partial charge in [0.15, 0.2) is 0 Å². The lowest BCUT2D eigenvalue weighted by atomic mass is 9.99. The first-order valence-electron chi connectivity index (χ1n) is 8.10. The van der Waals surface area contributed by atoms with Crippen molar-refractivity contribution in [1.82, 2.24) is 14.9 Å². The molecular formula is C18H20N4O. The molecule has 4 rings (SSSR count). The number of carbonyl (C=O) groups excluding carboxylic acids is 1. The number of carbonyl (C=O) groups is 1. The lowest BCUT2D eigenvalue weighted by Crippen LogP contribution is -2.44. The van der Waals surface area contributed by atoms with E-state index >= 15 is 0 Å². The van der Waals surface area contributed by atoms with Crippen molar-refractivity contribution in [3.63, 3.8) is 0 Å². The molecular weight excluding hydrogens is 288 g/mol. The van der Waals surface area contributed by atoms with E-state index in [2.05, 4.69) is 15.3 Å². The highest BCUT2D eigenvalue weighted by Gasteiger charge is 2.43. The molecule has 1 fully saturated rings. The van der Waals surface area contributed by atoms with Crippen LogP contribution in [0.1, 0.15) is 41.5 Å². The summed E-state index contributed by atoms with van der Waals surface area (Å²) in [5.74, 6) is 0.806. The second kappa shape index (κ2) is 5.33. The van der Waals surface area contributed by atoms with Crippen LogP contribution in [0.3, 0.4) is 0 Å². The number of amides is 2. The zero-order valence-corrected chi connectivity index (χ0v) is 13.4. The van der Waals surface area contributed by atoms with Crippen molar-refractivity contribution in [3.8, 4) is 0 Å². The van der Waals surface area contributed by atoms with Crippen LogP contribution in [0.15, 0.2) is 30.5 Å². The van der Waals surface area contributed by atoms with Gasteiger partial charge < -0.3 is 10.2 Å². The minimum absolute atomic E-state index is 0.0191. The average molecular weight is 308 g/mol. The molecule has 2 atom stereocenters.